The van der Waals surface area contributed by atoms with Crippen LogP contribution >= 0.6 is 0 Å². The van der Waals surface area contributed by atoms with E-state index in [9.17, 15) is 9.18 Å². The summed E-state index contributed by atoms with van der Waals surface area (Å²) in [7, 11) is 0. The van der Waals surface area contributed by atoms with Gasteiger partial charge in [0, 0.05) is 58.1 Å². The topological polar surface area (TPSA) is 41.4 Å². The van der Waals surface area contributed by atoms with Crippen molar-refractivity contribution in [1.29, 1.82) is 0 Å². The predicted molar refractivity (Wildman–Crippen MR) is 89.7 cm³/mol. The fourth-order valence-electron chi connectivity index (χ4n) is 3.03. The van der Waals surface area contributed by atoms with Crippen molar-refractivity contribution in [1.82, 2.24) is 19.6 Å². The van der Waals surface area contributed by atoms with Crippen LogP contribution in [0, 0.1) is 5.82 Å². The standard InChI is InChI=1S/C18H23FN4O/c19-17-5-1-4-16(14-17)15-21-10-12-22(13-11-21)18(24)6-2-8-23-9-3-7-20-23/h1,3-5,7,9,14H,2,6,8,10-13,15H2. The Morgan fingerprint density at radius 1 is 1.17 bits per heavy atom. The third kappa shape index (κ3) is 4.64. The number of hydrogen-bond acceptors (Lipinski definition) is 3. The summed E-state index contributed by atoms with van der Waals surface area (Å²) in [6, 6.07) is 8.61. The third-order valence-electron chi connectivity index (χ3n) is 4.36. The molecular weight excluding hydrogens is 307 g/mol. The Morgan fingerprint density at radius 3 is 2.71 bits per heavy atom. The van der Waals surface area contributed by atoms with Crippen LogP contribution in [-0.4, -0.2) is 51.7 Å². The van der Waals surface area contributed by atoms with Crippen LogP contribution < -0.4 is 0 Å². The van der Waals surface area contributed by atoms with Crippen molar-refractivity contribution in [3.8, 4) is 0 Å². The highest BCUT2D eigenvalue weighted by molar-refractivity contribution is 5.76. The Labute approximate surface area is 141 Å². The quantitative estimate of drug-likeness (QED) is 0.815. The van der Waals surface area contributed by atoms with Crippen LogP contribution in [0.4, 0.5) is 4.39 Å². The zero-order chi connectivity index (χ0) is 16.8. The highest BCUT2D eigenvalue weighted by atomic mass is 19.1. The van der Waals surface area contributed by atoms with E-state index in [4.69, 9.17) is 0 Å². The van der Waals surface area contributed by atoms with E-state index in [0.717, 1.165) is 51.3 Å². The lowest BCUT2D eigenvalue weighted by molar-refractivity contribution is -0.133. The number of carbonyl (C=O) groups excluding carboxylic acids is 1. The van der Waals surface area contributed by atoms with Gasteiger partial charge in [-0.2, -0.15) is 5.10 Å². The third-order valence-corrected chi connectivity index (χ3v) is 4.36. The van der Waals surface area contributed by atoms with Gasteiger partial charge in [0.2, 0.25) is 5.91 Å². The Morgan fingerprint density at radius 2 is 2.00 bits per heavy atom. The molecule has 0 N–H and O–H groups in total. The van der Waals surface area contributed by atoms with Gasteiger partial charge in [-0.1, -0.05) is 12.1 Å². The van der Waals surface area contributed by atoms with Crippen LogP contribution in [0.25, 0.3) is 0 Å². The molecule has 3 rings (SSSR count). The van der Waals surface area contributed by atoms with Crippen molar-refractivity contribution in [2.45, 2.75) is 25.9 Å². The number of hydrogen-bond donors (Lipinski definition) is 0. The minimum atomic E-state index is -0.196. The molecule has 128 valence electrons. The first-order valence-electron chi connectivity index (χ1n) is 8.43. The molecule has 6 heteroatoms. The van der Waals surface area contributed by atoms with Gasteiger partial charge in [0.25, 0.3) is 0 Å². The van der Waals surface area contributed by atoms with Gasteiger partial charge in [-0.15, -0.1) is 0 Å². The normalized spacial score (nSPS) is 15.6. The summed E-state index contributed by atoms with van der Waals surface area (Å²) in [5.74, 6) is 0.0195. The summed E-state index contributed by atoms with van der Waals surface area (Å²) < 4.78 is 15.1. The van der Waals surface area contributed by atoms with E-state index in [1.807, 2.05) is 27.9 Å². The molecule has 1 fully saturated rings. The van der Waals surface area contributed by atoms with E-state index in [0.29, 0.717) is 6.42 Å². The predicted octanol–water partition coefficient (Wildman–Crippen LogP) is 2.15. The molecule has 1 aliphatic rings. The van der Waals surface area contributed by atoms with E-state index >= 15 is 0 Å². The van der Waals surface area contributed by atoms with Crippen LogP contribution in [0.3, 0.4) is 0 Å². The molecule has 0 radical (unpaired) electrons. The van der Waals surface area contributed by atoms with Crippen LogP contribution in [-0.2, 0) is 17.9 Å². The van der Waals surface area contributed by atoms with Crippen molar-refractivity contribution < 1.29 is 9.18 Å². The molecule has 0 aliphatic carbocycles. The first kappa shape index (κ1) is 16.6. The Hall–Kier alpha value is -2.21. The summed E-state index contributed by atoms with van der Waals surface area (Å²) in [5.41, 5.74) is 0.981. The molecule has 5 nitrogen and oxygen atoms in total. The lowest BCUT2D eigenvalue weighted by Gasteiger charge is -2.34. The largest absolute Gasteiger partial charge is 0.340 e. The number of benzene rings is 1. The minimum absolute atomic E-state index is 0.196. The molecule has 1 aromatic carbocycles. The van der Waals surface area contributed by atoms with Gasteiger partial charge in [0.15, 0.2) is 0 Å². The van der Waals surface area contributed by atoms with E-state index in [1.54, 1.807) is 18.3 Å². The van der Waals surface area contributed by atoms with Crippen molar-refractivity contribution in [3.63, 3.8) is 0 Å². The van der Waals surface area contributed by atoms with Crippen LogP contribution in [0.15, 0.2) is 42.7 Å². The van der Waals surface area contributed by atoms with Gasteiger partial charge in [-0.25, -0.2) is 4.39 Å². The molecule has 1 aromatic heterocycles. The van der Waals surface area contributed by atoms with Gasteiger partial charge < -0.3 is 4.90 Å². The molecular formula is C18H23FN4O. The minimum Gasteiger partial charge on any atom is -0.340 e. The second kappa shape index (κ2) is 8.06. The smallest absolute Gasteiger partial charge is 0.222 e. The summed E-state index contributed by atoms with van der Waals surface area (Å²) in [5, 5.41) is 4.14. The molecule has 2 heterocycles. The first-order valence-corrected chi connectivity index (χ1v) is 8.43. The van der Waals surface area contributed by atoms with Gasteiger partial charge in [0.1, 0.15) is 5.82 Å². The highest BCUT2D eigenvalue weighted by Crippen LogP contribution is 2.11. The molecule has 24 heavy (non-hydrogen) atoms. The van der Waals surface area contributed by atoms with E-state index in [2.05, 4.69) is 10.00 Å². The number of rotatable bonds is 6. The van der Waals surface area contributed by atoms with E-state index in [-0.39, 0.29) is 11.7 Å². The van der Waals surface area contributed by atoms with E-state index < -0.39 is 0 Å². The highest BCUT2D eigenvalue weighted by Gasteiger charge is 2.20. The van der Waals surface area contributed by atoms with Crippen LogP contribution in [0.1, 0.15) is 18.4 Å². The average Bonchev–Trinajstić information content (AvgIpc) is 3.09. The lowest BCUT2D eigenvalue weighted by Crippen LogP contribution is -2.48. The molecule has 0 saturated carbocycles. The molecule has 2 aromatic rings. The molecule has 0 spiro atoms. The average molecular weight is 330 g/mol. The van der Waals surface area contributed by atoms with Gasteiger partial charge in [0.05, 0.1) is 0 Å². The van der Waals surface area contributed by atoms with Crippen LogP contribution in [0.5, 0.6) is 0 Å². The Bertz CT molecular complexity index is 651. The zero-order valence-electron chi connectivity index (χ0n) is 13.8. The number of nitrogens with zero attached hydrogens (tertiary/aromatic N) is 4. The summed E-state index contributed by atoms with van der Waals surface area (Å²) in [4.78, 5) is 16.5. The second-order valence-corrected chi connectivity index (χ2v) is 6.16. The number of aryl methyl sites for hydroxylation is 1. The molecule has 0 atom stereocenters. The summed E-state index contributed by atoms with van der Waals surface area (Å²) in [6.07, 6.45) is 5.03. The number of amides is 1. The van der Waals surface area contributed by atoms with Gasteiger partial charge >= 0.3 is 0 Å². The number of carbonyl (C=O) groups is 1. The Balaban J connectivity index is 1.38. The number of piperazine rings is 1. The lowest BCUT2D eigenvalue weighted by atomic mass is 10.2. The fraction of sp³-hybridized carbons (Fsp3) is 0.444. The maximum absolute atomic E-state index is 13.2. The molecule has 1 amide bonds. The molecule has 1 aliphatic heterocycles. The first-order chi connectivity index (χ1) is 11.7. The van der Waals surface area contributed by atoms with Crippen molar-refractivity contribution in [3.05, 3.63) is 54.1 Å². The summed E-state index contributed by atoms with van der Waals surface area (Å²) in [6.45, 7) is 4.67. The maximum Gasteiger partial charge on any atom is 0.222 e. The SMILES string of the molecule is O=C(CCCn1cccn1)N1CCN(Cc2cccc(F)c2)CC1. The summed E-state index contributed by atoms with van der Waals surface area (Å²) >= 11 is 0. The van der Waals surface area contributed by atoms with Crippen molar-refractivity contribution >= 4 is 5.91 Å². The maximum atomic E-state index is 13.2. The van der Waals surface area contributed by atoms with E-state index in [1.165, 1.54) is 6.07 Å². The molecule has 0 unspecified atom stereocenters. The number of halogens is 1. The Kier molecular flexibility index (Phi) is 5.59. The van der Waals surface area contributed by atoms with Crippen LogP contribution in [0.2, 0.25) is 0 Å². The van der Waals surface area contributed by atoms with Gasteiger partial charge in [-0.05, 0) is 30.2 Å². The number of aromatic nitrogens is 2. The molecule has 1 saturated heterocycles. The van der Waals surface area contributed by atoms with Gasteiger partial charge in [-0.3, -0.25) is 14.4 Å². The monoisotopic (exact) mass is 330 g/mol. The van der Waals surface area contributed by atoms with Crippen molar-refractivity contribution in [2.24, 2.45) is 0 Å². The van der Waals surface area contributed by atoms with Crippen molar-refractivity contribution in [2.75, 3.05) is 26.2 Å². The molecule has 0 bridgehead atoms. The fourth-order valence-corrected chi connectivity index (χ4v) is 3.03. The second-order valence-electron chi connectivity index (χ2n) is 6.16. The zero-order valence-corrected chi connectivity index (χ0v) is 13.8.